The van der Waals surface area contributed by atoms with E-state index in [-0.39, 0.29) is 11.5 Å². The Morgan fingerprint density at radius 2 is 1.59 bits per heavy atom. The summed E-state index contributed by atoms with van der Waals surface area (Å²) in [5.74, 6) is -0.555. The van der Waals surface area contributed by atoms with Crippen molar-refractivity contribution in [3.63, 3.8) is 0 Å². The highest BCUT2D eigenvalue weighted by molar-refractivity contribution is 6.02. The van der Waals surface area contributed by atoms with E-state index in [1.165, 1.54) is 30.3 Å². The van der Waals surface area contributed by atoms with Gasteiger partial charge < -0.3 is 10.6 Å². The molecule has 0 saturated carbocycles. The molecule has 3 aromatic carbocycles. The van der Waals surface area contributed by atoms with Gasteiger partial charge in [-0.05, 0) is 58.0 Å². The third kappa shape index (κ3) is 4.08. The van der Waals surface area contributed by atoms with Gasteiger partial charge in [0, 0.05) is 5.56 Å². The van der Waals surface area contributed by atoms with Crippen LogP contribution in [0.15, 0.2) is 66.7 Å². The first-order valence-corrected chi connectivity index (χ1v) is 8.57. The van der Waals surface area contributed by atoms with E-state index in [1.807, 2.05) is 0 Å². The van der Waals surface area contributed by atoms with Crippen molar-refractivity contribution in [3.8, 4) is 22.5 Å². The average Bonchev–Trinajstić information content (AvgIpc) is 3.25. The minimum Gasteiger partial charge on any atom is -0.307 e. The molecule has 1 heterocycles. The largest absolute Gasteiger partial charge is 0.323 e. The van der Waals surface area contributed by atoms with E-state index in [9.17, 15) is 13.6 Å². The second kappa shape index (κ2) is 7.85. The number of benzene rings is 3. The fourth-order valence-corrected chi connectivity index (χ4v) is 2.78. The predicted octanol–water partition coefficient (Wildman–Crippen LogP) is 4.46. The number of aromatic nitrogens is 4. The molecule has 0 unspecified atom stereocenters. The molecule has 0 aliphatic heterocycles. The van der Waals surface area contributed by atoms with Crippen LogP contribution in [0.25, 0.3) is 22.5 Å². The highest BCUT2D eigenvalue weighted by atomic mass is 19.1. The molecule has 4 rings (SSSR count). The molecule has 2 amide bonds. The number of tetrazole rings is 1. The fourth-order valence-electron chi connectivity index (χ4n) is 2.78. The van der Waals surface area contributed by atoms with Gasteiger partial charge in [0.15, 0.2) is 5.82 Å². The smallest absolute Gasteiger partial charge is 0.307 e. The molecule has 9 heteroatoms. The summed E-state index contributed by atoms with van der Waals surface area (Å²) in [5, 5.41) is 18.8. The second-order valence-corrected chi connectivity index (χ2v) is 6.08. The van der Waals surface area contributed by atoms with Crippen LogP contribution < -0.4 is 10.6 Å². The molecule has 0 aliphatic carbocycles. The zero-order valence-electron chi connectivity index (χ0n) is 14.9. The first-order chi connectivity index (χ1) is 14.1. The van der Waals surface area contributed by atoms with Gasteiger partial charge in [0.1, 0.15) is 11.6 Å². The number of anilines is 2. The molecule has 29 heavy (non-hydrogen) atoms. The van der Waals surface area contributed by atoms with Crippen molar-refractivity contribution in [2.45, 2.75) is 0 Å². The number of halogens is 2. The van der Waals surface area contributed by atoms with Crippen LogP contribution in [0.4, 0.5) is 25.0 Å². The molecule has 1 aromatic heterocycles. The average molecular weight is 392 g/mol. The lowest BCUT2D eigenvalue weighted by Crippen LogP contribution is -2.20. The Kier molecular flexibility index (Phi) is 4.93. The summed E-state index contributed by atoms with van der Waals surface area (Å²) in [5.41, 5.74) is 2.53. The number of para-hydroxylation sites is 1. The maximum absolute atomic E-state index is 13.8. The highest BCUT2D eigenvalue weighted by Gasteiger charge is 2.14. The van der Waals surface area contributed by atoms with Gasteiger partial charge in [-0.1, -0.05) is 30.3 Å². The Hall–Kier alpha value is -4.14. The van der Waals surface area contributed by atoms with E-state index in [0.29, 0.717) is 17.1 Å². The van der Waals surface area contributed by atoms with Gasteiger partial charge in [0.25, 0.3) is 0 Å². The van der Waals surface area contributed by atoms with Crippen molar-refractivity contribution in [2.75, 3.05) is 10.6 Å². The summed E-state index contributed by atoms with van der Waals surface area (Å²) in [7, 11) is 0. The van der Waals surface area contributed by atoms with Gasteiger partial charge in [-0.25, -0.2) is 18.7 Å². The number of rotatable bonds is 4. The van der Waals surface area contributed by atoms with Crippen LogP contribution in [0.3, 0.4) is 0 Å². The number of carbonyl (C=O) groups excluding carboxylic acids is 1. The molecule has 0 spiro atoms. The van der Waals surface area contributed by atoms with E-state index < -0.39 is 11.8 Å². The summed E-state index contributed by atoms with van der Waals surface area (Å²) in [4.78, 5) is 12.4. The summed E-state index contributed by atoms with van der Waals surface area (Å²) in [6.45, 7) is 0. The fraction of sp³-hybridized carbons (Fsp3) is 0. The van der Waals surface area contributed by atoms with E-state index in [1.54, 1.807) is 36.4 Å². The van der Waals surface area contributed by atoms with Crippen molar-refractivity contribution in [1.82, 2.24) is 20.6 Å². The van der Waals surface area contributed by atoms with Gasteiger partial charge in [0.2, 0.25) is 0 Å². The molecule has 4 aromatic rings. The number of hydrogen-bond donors (Lipinski definition) is 3. The number of aromatic amines is 1. The molecule has 7 nitrogen and oxygen atoms in total. The first kappa shape index (κ1) is 18.2. The van der Waals surface area contributed by atoms with E-state index >= 15 is 0 Å². The van der Waals surface area contributed by atoms with Crippen LogP contribution >= 0.6 is 0 Å². The lowest BCUT2D eigenvalue weighted by molar-refractivity contribution is 0.262. The second-order valence-electron chi connectivity index (χ2n) is 6.08. The minimum absolute atomic E-state index is 0.0517. The van der Waals surface area contributed by atoms with Crippen molar-refractivity contribution in [1.29, 1.82) is 0 Å². The van der Waals surface area contributed by atoms with Crippen molar-refractivity contribution in [2.24, 2.45) is 0 Å². The molecule has 0 atom stereocenters. The van der Waals surface area contributed by atoms with Crippen LogP contribution in [0, 0.1) is 11.6 Å². The van der Waals surface area contributed by atoms with Crippen LogP contribution in [0.1, 0.15) is 0 Å². The summed E-state index contributed by atoms with van der Waals surface area (Å²) >= 11 is 0. The molecule has 144 valence electrons. The lowest BCUT2D eigenvalue weighted by Gasteiger charge is -2.13. The molecule has 0 bridgehead atoms. The summed E-state index contributed by atoms with van der Waals surface area (Å²) in [6.07, 6.45) is 0. The normalized spacial score (nSPS) is 10.6. The standard InChI is InChI=1S/C20H14F2N6O/c21-14-8-5-12(6-9-14)13-7-10-17(15(11-13)19-25-27-28-26-19)23-20(29)24-18-4-2-1-3-16(18)22/h1-11H,(H2,23,24,29)(H,25,26,27,28). The van der Waals surface area contributed by atoms with Crippen molar-refractivity contribution >= 4 is 17.4 Å². The van der Waals surface area contributed by atoms with Gasteiger partial charge in [-0.3, -0.25) is 0 Å². The number of H-pyrrole nitrogens is 1. The maximum atomic E-state index is 13.8. The van der Waals surface area contributed by atoms with Gasteiger partial charge in [0.05, 0.1) is 11.4 Å². The zero-order valence-corrected chi connectivity index (χ0v) is 14.9. The first-order valence-electron chi connectivity index (χ1n) is 8.57. The number of hydrogen-bond acceptors (Lipinski definition) is 4. The Morgan fingerprint density at radius 1 is 0.862 bits per heavy atom. The van der Waals surface area contributed by atoms with E-state index in [2.05, 4.69) is 31.3 Å². The molecule has 0 aliphatic rings. The Balaban J connectivity index is 1.65. The maximum Gasteiger partial charge on any atom is 0.323 e. The van der Waals surface area contributed by atoms with Crippen LogP contribution in [0.2, 0.25) is 0 Å². The molecule has 3 N–H and O–H groups in total. The molecule has 0 fully saturated rings. The molecule has 0 radical (unpaired) electrons. The number of urea groups is 1. The highest BCUT2D eigenvalue weighted by Crippen LogP contribution is 2.31. The monoisotopic (exact) mass is 392 g/mol. The van der Waals surface area contributed by atoms with Gasteiger partial charge >= 0.3 is 6.03 Å². The summed E-state index contributed by atoms with van der Waals surface area (Å²) in [6, 6.07) is 16.4. The quantitative estimate of drug-likeness (QED) is 0.478. The SMILES string of the molecule is O=C(Nc1ccccc1F)Nc1ccc(-c2ccc(F)cc2)cc1-c1nnn[nH]1. The van der Waals surface area contributed by atoms with Crippen molar-refractivity contribution in [3.05, 3.63) is 78.4 Å². The predicted molar refractivity (Wildman–Crippen MR) is 104 cm³/mol. The number of amides is 2. The topological polar surface area (TPSA) is 95.6 Å². The van der Waals surface area contributed by atoms with E-state index in [4.69, 9.17) is 0 Å². The molecular weight excluding hydrogens is 378 g/mol. The Labute approximate surface area is 163 Å². The van der Waals surface area contributed by atoms with Crippen LogP contribution in [0.5, 0.6) is 0 Å². The zero-order chi connectivity index (χ0) is 20.2. The molecular formula is C20H14F2N6O. The van der Waals surface area contributed by atoms with Crippen LogP contribution in [-0.4, -0.2) is 26.7 Å². The third-order valence-electron chi connectivity index (χ3n) is 4.17. The minimum atomic E-state index is -0.627. The third-order valence-corrected chi connectivity index (χ3v) is 4.17. The van der Waals surface area contributed by atoms with Crippen LogP contribution in [-0.2, 0) is 0 Å². The Morgan fingerprint density at radius 3 is 2.31 bits per heavy atom. The Bertz CT molecular complexity index is 1150. The number of carbonyl (C=O) groups is 1. The van der Waals surface area contributed by atoms with Crippen molar-refractivity contribution < 1.29 is 13.6 Å². The van der Waals surface area contributed by atoms with Gasteiger partial charge in [-0.2, -0.15) is 0 Å². The molecule has 0 saturated heterocycles. The number of nitrogens with one attached hydrogen (secondary N) is 3. The van der Waals surface area contributed by atoms with Gasteiger partial charge in [-0.15, -0.1) is 5.10 Å². The lowest BCUT2D eigenvalue weighted by atomic mass is 10.0. The van der Waals surface area contributed by atoms with E-state index in [0.717, 1.165) is 11.1 Å². The number of nitrogens with zero attached hydrogens (tertiary/aromatic N) is 3. The summed E-state index contributed by atoms with van der Waals surface area (Å²) < 4.78 is 27.0.